The largest absolute Gasteiger partial charge is 0.380 e. The minimum Gasteiger partial charge on any atom is -0.380 e. The third-order valence-corrected chi connectivity index (χ3v) is 4.37. The summed E-state index contributed by atoms with van der Waals surface area (Å²) in [6, 6.07) is 13.2. The van der Waals surface area contributed by atoms with Crippen LogP contribution in [-0.4, -0.2) is 4.98 Å². The van der Waals surface area contributed by atoms with Gasteiger partial charge in [0.25, 0.3) is 0 Å². The molecule has 1 aromatic heterocycles. The fourth-order valence-electron chi connectivity index (χ4n) is 2.17. The Morgan fingerprint density at radius 2 is 1.76 bits per heavy atom. The summed E-state index contributed by atoms with van der Waals surface area (Å²) in [5, 5.41) is 5.97. The average Bonchev–Trinajstić information content (AvgIpc) is 2.51. The van der Waals surface area contributed by atoms with Crippen molar-refractivity contribution in [3.63, 3.8) is 0 Å². The van der Waals surface area contributed by atoms with Crippen molar-refractivity contribution in [2.75, 3.05) is 5.32 Å². The van der Waals surface area contributed by atoms with Crippen molar-refractivity contribution in [3.05, 3.63) is 69.3 Å². The number of rotatable bonds is 3. The molecule has 0 unspecified atom stereocenters. The Morgan fingerprint density at radius 1 is 0.905 bits per heavy atom. The lowest BCUT2D eigenvalue weighted by Gasteiger charge is -2.11. The van der Waals surface area contributed by atoms with Crippen LogP contribution in [0, 0.1) is 0 Å². The maximum atomic E-state index is 6.19. The van der Waals surface area contributed by atoms with Crippen molar-refractivity contribution in [1.29, 1.82) is 0 Å². The molecule has 5 heteroatoms. The molecule has 0 spiro atoms. The molecule has 106 valence electrons. The van der Waals surface area contributed by atoms with E-state index in [1.165, 1.54) is 0 Å². The van der Waals surface area contributed by atoms with Gasteiger partial charge in [-0.1, -0.05) is 46.9 Å². The van der Waals surface area contributed by atoms with Gasteiger partial charge >= 0.3 is 0 Å². The number of aromatic nitrogens is 1. The van der Waals surface area contributed by atoms with Crippen molar-refractivity contribution in [2.24, 2.45) is 0 Å². The monoisotopic (exact) mass is 336 g/mol. The van der Waals surface area contributed by atoms with Crippen molar-refractivity contribution in [3.8, 4) is 0 Å². The molecule has 21 heavy (non-hydrogen) atoms. The van der Waals surface area contributed by atoms with E-state index in [4.69, 9.17) is 34.8 Å². The van der Waals surface area contributed by atoms with E-state index in [2.05, 4.69) is 10.3 Å². The molecule has 0 aliphatic rings. The molecule has 3 aromatic rings. The Morgan fingerprint density at radius 3 is 2.62 bits per heavy atom. The second-order valence-electron chi connectivity index (χ2n) is 4.56. The quantitative estimate of drug-likeness (QED) is 0.652. The lowest BCUT2D eigenvalue weighted by molar-refractivity contribution is 1.15. The van der Waals surface area contributed by atoms with E-state index in [0.717, 1.165) is 22.2 Å². The minimum atomic E-state index is 0.519. The molecule has 2 aromatic carbocycles. The lowest BCUT2D eigenvalue weighted by Crippen LogP contribution is -2.01. The second kappa shape index (κ2) is 6.10. The SMILES string of the molecule is Clc1cccc(NCc2ccc(Cl)c3cccnc23)c1Cl. The maximum absolute atomic E-state index is 6.19. The van der Waals surface area contributed by atoms with E-state index in [1.54, 1.807) is 12.3 Å². The van der Waals surface area contributed by atoms with Crippen molar-refractivity contribution >= 4 is 51.4 Å². The van der Waals surface area contributed by atoms with Crippen LogP contribution in [0.25, 0.3) is 10.9 Å². The smallest absolute Gasteiger partial charge is 0.0823 e. The summed E-state index contributed by atoms with van der Waals surface area (Å²) in [6.07, 6.45) is 1.76. The van der Waals surface area contributed by atoms with Gasteiger partial charge in [0.15, 0.2) is 0 Å². The van der Waals surface area contributed by atoms with Crippen LogP contribution in [0.5, 0.6) is 0 Å². The fraction of sp³-hybridized carbons (Fsp3) is 0.0625. The van der Waals surface area contributed by atoms with Crippen LogP contribution in [0.3, 0.4) is 0 Å². The topological polar surface area (TPSA) is 24.9 Å². The molecule has 0 saturated carbocycles. The van der Waals surface area contributed by atoms with Crippen LogP contribution in [0.2, 0.25) is 15.1 Å². The molecule has 1 heterocycles. The summed E-state index contributed by atoms with van der Waals surface area (Å²) < 4.78 is 0. The van der Waals surface area contributed by atoms with E-state index in [9.17, 15) is 0 Å². The fourth-order valence-corrected chi connectivity index (χ4v) is 2.75. The molecule has 0 atom stereocenters. The highest BCUT2D eigenvalue weighted by Gasteiger charge is 2.07. The molecule has 0 aliphatic carbocycles. The molecule has 0 fully saturated rings. The highest BCUT2D eigenvalue weighted by molar-refractivity contribution is 6.43. The molecule has 0 aliphatic heterocycles. The first-order chi connectivity index (χ1) is 10.2. The van der Waals surface area contributed by atoms with Crippen LogP contribution in [0.4, 0.5) is 5.69 Å². The summed E-state index contributed by atoms with van der Waals surface area (Å²) in [7, 11) is 0. The lowest BCUT2D eigenvalue weighted by atomic mass is 10.1. The number of hydrogen-bond acceptors (Lipinski definition) is 2. The number of fused-ring (bicyclic) bond motifs is 1. The number of hydrogen-bond donors (Lipinski definition) is 1. The molecule has 1 N–H and O–H groups in total. The zero-order chi connectivity index (χ0) is 14.8. The van der Waals surface area contributed by atoms with Gasteiger partial charge in [-0.05, 0) is 35.9 Å². The van der Waals surface area contributed by atoms with Crippen LogP contribution in [0.1, 0.15) is 5.56 Å². The number of benzene rings is 2. The average molecular weight is 338 g/mol. The van der Waals surface area contributed by atoms with E-state index in [-0.39, 0.29) is 0 Å². The Labute approximate surface area is 137 Å². The van der Waals surface area contributed by atoms with Gasteiger partial charge in [0, 0.05) is 23.2 Å². The molecule has 2 nitrogen and oxygen atoms in total. The van der Waals surface area contributed by atoms with Crippen LogP contribution < -0.4 is 5.32 Å². The second-order valence-corrected chi connectivity index (χ2v) is 5.75. The van der Waals surface area contributed by atoms with E-state index >= 15 is 0 Å². The van der Waals surface area contributed by atoms with Gasteiger partial charge < -0.3 is 5.32 Å². The van der Waals surface area contributed by atoms with E-state index in [0.29, 0.717) is 21.6 Å². The Hall–Kier alpha value is -1.48. The zero-order valence-corrected chi connectivity index (χ0v) is 13.2. The highest BCUT2D eigenvalue weighted by atomic mass is 35.5. The number of pyridine rings is 1. The van der Waals surface area contributed by atoms with Crippen LogP contribution >= 0.6 is 34.8 Å². The number of anilines is 1. The highest BCUT2D eigenvalue weighted by Crippen LogP contribution is 2.31. The van der Waals surface area contributed by atoms with Crippen LogP contribution in [0.15, 0.2) is 48.7 Å². The zero-order valence-electron chi connectivity index (χ0n) is 10.9. The Bertz CT molecular complexity index is 803. The summed E-state index contributed by atoms with van der Waals surface area (Å²) in [4.78, 5) is 4.41. The van der Waals surface area contributed by atoms with Crippen LogP contribution in [-0.2, 0) is 6.54 Å². The summed E-state index contributed by atoms with van der Waals surface area (Å²) in [5.41, 5.74) is 2.73. The summed E-state index contributed by atoms with van der Waals surface area (Å²) in [5.74, 6) is 0. The predicted molar refractivity (Wildman–Crippen MR) is 90.5 cm³/mol. The molecular formula is C16H11Cl3N2. The van der Waals surface area contributed by atoms with Crippen molar-refractivity contribution in [2.45, 2.75) is 6.54 Å². The van der Waals surface area contributed by atoms with E-state index in [1.807, 2.05) is 36.4 Å². The first-order valence-corrected chi connectivity index (χ1v) is 7.50. The molecule has 3 rings (SSSR count). The van der Waals surface area contributed by atoms with Gasteiger partial charge in [-0.15, -0.1) is 0 Å². The summed E-state index contributed by atoms with van der Waals surface area (Å²) in [6.45, 7) is 0.588. The Balaban J connectivity index is 1.92. The first kappa shape index (κ1) is 14.5. The number of halogens is 3. The first-order valence-electron chi connectivity index (χ1n) is 6.37. The third kappa shape index (κ3) is 2.93. The molecule has 0 amide bonds. The van der Waals surface area contributed by atoms with Crippen molar-refractivity contribution < 1.29 is 0 Å². The third-order valence-electron chi connectivity index (χ3n) is 3.22. The van der Waals surface area contributed by atoms with Gasteiger partial charge in [0.2, 0.25) is 0 Å². The minimum absolute atomic E-state index is 0.519. The molecule has 0 bridgehead atoms. The van der Waals surface area contributed by atoms with Crippen molar-refractivity contribution in [1.82, 2.24) is 4.98 Å². The molecule has 0 radical (unpaired) electrons. The van der Waals surface area contributed by atoms with E-state index < -0.39 is 0 Å². The number of nitrogens with zero attached hydrogens (tertiary/aromatic N) is 1. The van der Waals surface area contributed by atoms with Gasteiger partial charge in [-0.2, -0.15) is 0 Å². The molecular weight excluding hydrogens is 327 g/mol. The predicted octanol–water partition coefficient (Wildman–Crippen LogP) is 5.81. The standard InChI is InChI=1S/C16H11Cl3N2/c17-12-7-6-10(16-11(12)3-2-8-20-16)9-21-14-5-1-4-13(18)15(14)19/h1-8,21H,9H2. The van der Waals surface area contributed by atoms with Gasteiger partial charge in [-0.3, -0.25) is 4.98 Å². The molecule has 0 saturated heterocycles. The van der Waals surface area contributed by atoms with Gasteiger partial charge in [0.05, 0.1) is 21.2 Å². The normalized spacial score (nSPS) is 10.8. The maximum Gasteiger partial charge on any atom is 0.0823 e. The summed E-state index contributed by atoms with van der Waals surface area (Å²) >= 11 is 18.4. The van der Waals surface area contributed by atoms with Gasteiger partial charge in [0.1, 0.15) is 0 Å². The number of nitrogens with one attached hydrogen (secondary N) is 1. The van der Waals surface area contributed by atoms with Gasteiger partial charge in [-0.25, -0.2) is 0 Å². The Kier molecular flexibility index (Phi) is 4.20.